The van der Waals surface area contributed by atoms with Gasteiger partial charge < -0.3 is 10.7 Å². The fraction of sp³-hybridized carbons (Fsp3) is 0.261. The van der Waals surface area contributed by atoms with E-state index in [0.29, 0.717) is 17.7 Å². The molecule has 14 heteroatoms. The molecule has 0 bridgehead atoms. The largest absolute Gasteiger partial charge is 0.433 e. The molecule has 2 aromatic heterocycles. The van der Waals surface area contributed by atoms with Crippen LogP contribution in [0, 0.1) is 11.2 Å². The zero-order chi connectivity index (χ0) is 26.8. The summed E-state index contributed by atoms with van der Waals surface area (Å²) in [6.07, 6.45) is -1.23. The molecule has 0 spiro atoms. The Bertz CT molecular complexity index is 1420. The maximum absolute atomic E-state index is 13.3. The third-order valence-electron chi connectivity index (χ3n) is 5.90. The molecule has 1 fully saturated rings. The lowest BCUT2D eigenvalue weighted by Gasteiger charge is -2.32. The Balaban J connectivity index is 1.52. The topological polar surface area (TPSA) is 129 Å². The van der Waals surface area contributed by atoms with Gasteiger partial charge in [-0.25, -0.2) is 22.8 Å². The highest BCUT2D eigenvalue weighted by Crippen LogP contribution is 2.34. The first-order valence-corrected chi connectivity index (χ1v) is 12.3. The molecular formula is C23H20F4N6O3S. The standard InChI is InChI=1S/C23H20F4N6O3S/c24-16-3-5-18(6-4-16)37(35,36)33-9-1-8-22(33,13-28)21(34)30-12-17-10-19(32-14-31-17)15-2-7-20(29-11-15)23(25,26)27/h2-7,10-11,13-14,28H,1,8-9,12H2,(H,30,34)/t22-/m1/s1. The fourth-order valence-corrected chi connectivity index (χ4v) is 5.77. The minimum absolute atomic E-state index is 0.0128. The van der Waals surface area contributed by atoms with Crippen LogP contribution in [-0.4, -0.2) is 51.9 Å². The van der Waals surface area contributed by atoms with Gasteiger partial charge in [-0.3, -0.25) is 9.78 Å². The number of benzene rings is 1. The van der Waals surface area contributed by atoms with E-state index in [-0.39, 0.29) is 30.1 Å². The summed E-state index contributed by atoms with van der Waals surface area (Å²) in [7, 11) is -4.22. The molecule has 1 aliphatic heterocycles. The number of sulfonamides is 1. The van der Waals surface area contributed by atoms with E-state index in [2.05, 4.69) is 20.3 Å². The van der Waals surface area contributed by atoms with E-state index in [9.17, 15) is 30.8 Å². The first kappa shape index (κ1) is 26.3. The van der Waals surface area contributed by atoms with E-state index in [1.807, 2.05) is 0 Å². The average Bonchev–Trinajstić information content (AvgIpc) is 3.34. The number of alkyl halides is 3. The molecule has 37 heavy (non-hydrogen) atoms. The second-order valence-electron chi connectivity index (χ2n) is 8.21. The Morgan fingerprint density at radius 3 is 2.49 bits per heavy atom. The van der Waals surface area contributed by atoms with Crippen molar-refractivity contribution in [3.63, 3.8) is 0 Å². The van der Waals surface area contributed by atoms with Crippen LogP contribution < -0.4 is 5.32 Å². The Hall–Kier alpha value is -3.78. The zero-order valence-corrected chi connectivity index (χ0v) is 19.9. The molecule has 1 amide bonds. The highest BCUT2D eigenvalue weighted by atomic mass is 32.2. The molecular weight excluding hydrogens is 516 g/mol. The number of aromatic nitrogens is 3. The van der Waals surface area contributed by atoms with Crippen LogP contribution in [-0.2, 0) is 27.5 Å². The predicted molar refractivity (Wildman–Crippen MR) is 123 cm³/mol. The summed E-state index contributed by atoms with van der Waals surface area (Å²) in [6, 6.07) is 7.65. The third kappa shape index (κ3) is 5.20. The molecule has 1 atom stereocenters. The molecule has 2 N–H and O–H groups in total. The molecule has 1 aromatic carbocycles. The van der Waals surface area contributed by atoms with Gasteiger partial charge in [-0.05, 0) is 55.3 Å². The van der Waals surface area contributed by atoms with Gasteiger partial charge in [0.25, 0.3) is 0 Å². The SMILES string of the molecule is N=C[C@@]1(C(=O)NCc2cc(-c3ccc(C(F)(F)F)nc3)ncn2)CCCN1S(=O)(=O)c1ccc(F)cc1. The van der Waals surface area contributed by atoms with Crippen LogP contribution >= 0.6 is 0 Å². The van der Waals surface area contributed by atoms with Crippen molar-refractivity contribution in [2.75, 3.05) is 6.54 Å². The van der Waals surface area contributed by atoms with Crippen LogP contribution in [0.3, 0.4) is 0 Å². The van der Waals surface area contributed by atoms with Crippen molar-refractivity contribution in [2.24, 2.45) is 0 Å². The first-order chi connectivity index (χ1) is 17.5. The van der Waals surface area contributed by atoms with Crippen LogP contribution in [0.4, 0.5) is 17.6 Å². The number of pyridine rings is 1. The third-order valence-corrected chi connectivity index (χ3v) is 7.86. The van der Waals surface area contributed by atoms with E-state index in [0.717, 1.165) is 47.0 Å². The summed E-state index contributed by atoms with van der Waals surface area (Å²) in [5.41, 5.74) is -1.98. The first-order valence-electron chi connectivity index (χ1n) is 10.9. The molecule has 1 aliphatic rings. The summed E-state index contributed by atoms with van der Waals surface area (Å²) in [4.78, 5) is 24.5. The quantitative estimate of drug-likeness (QED) is 0.353. The number of hydrogen-bond donors (Lipinski definition) is 2. The van der Waals surface area contributed by atoms with E-state index < -0.39 is 39.2 Å². The number of rotatable bonds is 7. The van der Waals surface area contributed by atoms with Gasteiger partial charge in [-0.15, -0.1) is 0 Å². The van der Waals surface area contributed by atoms with Crippen LogP contribution in [0.15, 0.2) is 59.9 Å². The molecule has 0 saturated carbocycles. The Morgan fingerprint density at radius 1 is 1.14 bits per heavy atom. The van der Waals surface area contributed by atoms with Crippen LogP contribution in [0.1, 0.15) is 24.2 Å². The summed E-state index contributed by atoms with van der Waals surface area (Å²) < 4.78 is 78.9. The maximum atomic E-state index is 13.3. The number of amides is 1. The number of hydrogen-bond acceptors (Lipinski definition) is 7. The smallest absolute Gasteiger partial charge is 0.348 e. The van der Waals surface area contributed by atoms with Crippen molar-refractivity contribution in [1.82, 2.24) is 24.6 Å². The number of carbonyl (C=O) groups excluding carboxylic acids is 1. The van der Waals surface area contributed by atoms with Crippen molar-refractivity contribution in [3.05, 3.63) is 72.2 Å². The minimum atomic E-state index is -4.58. The lowest BCUT2D eigenvalue weighted by atomic mass is 9.98. The highest BCUT2D eigenvalue weighted by molar-refractivity contribution is 7.89. The molecule has 4 rings (SSSR count). The van der Waals surface area contributed by atoms with Crippen molar-refractivity contribution in [2.45, 2.75) is 36.0 Å². The van der Waals surface area contributed by atoms with Gasteiger partial charge in [0, 0.05) is 24.5 Å². The normalized spacial score (nSPS) is 18.5. The number of carbonyl (C=O) groups is 1. The highest BCUT2D eigenvalue weighted by Gasteiger charge is 2.51. The molecule has 9 nitrogen and oxygen atoms in total. The van der Waals surface area contributed by atoms with Gasteiger partial charge in [0.1, 0.15) is 23.4 Å². The molecule has 3 heterocycles. The average molecular weight is 537 g/mol. The summed E-state index contributed by atoms with van der Waals surface area (Å²) in [5.74, 6) is -1.37. The zero-order valence-electron chi connectivity index (χ0n) is 19.0. The second-order valence-corrected chi connectivity index (χ2v) is 10.1. The van der Waals surface area contributed by atoms with Gasteiger partial charge in [0.15, 0.2) is 0 Å². The van der Waals surface area contributed by atoms with Crippen molar-refractivity contribution < 1.29 is 30.8 Å². The number of nitrogens with one attached hydrogen (secondary N) is 2. The summed E-state index contributed by atoms with van der Waals surface area (Å²) in [5, 5.41) is 10.5. The van der Waals surface area contributed by atoms with Crippen molar-refractivity contribution >= 4 is 22.1 Å². The second kappa shape index (κ2) is 9.94. The lowest BCUT2D eigenvalue weighted by molar-refractivity contribution is -0.141. The Morgan fingerprint density at radius 2 is 1.86 bits per heavy atom. The minimum Gasteiger partial charge on any atom is -0.348 e. The Kier molecular flexibility index (Phi) is 7.06. The van der Waals surface area contributed by atoms with Crippen molar-refractivity contribution in [1.29, 1.82) is 5.41 Å². The lowest BCUT2D eigenvalue weighted by Crippen LogP contribution is -2.58. The number of nitrogens with zero attached hydrogens (tertiary/aromatic N) is 4. The molecule has 3 aromatic rings. The maximum Gasteiger partial charge on any atom is 0.433 e. The van der Waals surface area contributed by atoms with Gasteiger partial charge in [-0.1, -0.05) is 0 Å². The Labute approximate surface area is 209 Å². The summed E-state index contributed by atoms with van der Waals surface area (Å²) in [6.45, 7) is -0.177. The monoisotopic (exact) mass is 536 g/mol. The molecule has 0 radical (unpaired) electrons. The van der Waals surface area contributed by atoms with Crippen LogP contribution in [0.5, 0.6) is 0 Å². The fourth-order valence-electron chi connectivity index (χ4n) is 4.01. The molecule has 1 saturated heterocycles. The van der Waals surface area contributed by atoms with Gasteiger partial charge in [0.05, 0.1) is 22.8 Å². The van der Waals surface area contributed by atoms with Crippen LogP contribution in [0.2, 0.25) is 0 Å². The summed E-state index contributed by atoms with van der Waals surface area (Å²) >= 11 is 0. The van der Waals surface area contributed by atoms with Gasteiger partial charge in [-0.2, -0.15) is 17.5 Å². The number of halogens is 4. The van der Waals surface area contributed by atoms with Gasteiger partial charge >= 0.3 is 6.18 Å². The van der Waals surface area contributed by atoms with E-state index in [1.54, 1.807) is 0 Å². The predicted octanol–water partition coefficient (Wildman–Crippen LogP) is 3.19. The van der Waals surface area contributed by atoms with Crippen molar-refractivity contribution in [3.8, 4) is 11.3 Å². The van der Waals surface area contributed by atoms with Crippen LogP contribution in [0.25, 0.3) is 11.3 Å². The van der Waals surface area contributed by atoms with E-state index >= 15 is 0 Å². The molecule has 0 unspecified atom stereocenters. The molecule has 194 valence electrons. The molecule has 0 aliphatic carbocycles. The van der Waals surface area contributed by atoms with E-state index in [4.69, 9.17) is 5.41 Å². The van der Waals surface area contributed by atoms with Gasteiger partial charge in [0.2, 0.25) is 15.9 Å². The van der Waals surface area contributed by atoms with E-state index in [1.165, 1.54) is 18.5 Å².